The first-order valence-electron chi connectivity index (χ1n) is 8.93. The smallest absolute Gasteiger partial charge is 0.422 e. The van der Waals surface area contributed by atoms with E-state index in [0.29, 0.717) is 11.6 Å². The number of benzene rings is 2. The Morgan fingerprint density at radius 1 is 1.13 bits per heavy atom. The van der Waals surface area contributed by atoms with E-state index in [-0.39, 0.29) is 30.9 Å². The highest BCUT2D eigenvalue weighted by Crippen LogP contribution is 2.27. The van der Waals surface area contributed by atoms with E-state index in [1.165, 1.54) is 18.2 Å². The van der Waals surface area contributed by atoms with Gasteiger partial charge in [0.2, 0.25) is 11.8 Å². The summed E-state index contributed by atoms with van der Waals surface area (Å²) in [6, 6.07) is 8.52. The Morgan fingerprint density at radius 2 is 1.83 bits per heavy atom. The van der Waals surface area contributed by atoms with E-state index in [4.69, 9.17) is 0 Å². The van der Waals surface area contributed by atoms with Gasteiger partial charge in [-0.3, -0.25) is 9.59 Å². The standard InChI is InChI=1S/C20H17F5N2O3/c21-14-6-15(22)8-16(7-14)27-10-13(5-18(27)28)19(29)26-9-12-2-1-3-17(4-12)30-11-20(23,24)25/h1-4,6-8,13H,5,9-11H2,(H,26,29). The van der Waals surface area contributed by atoms with Gasteiger partial charge in [-0.15, -0.1) is 0 Å². The molecule has 5 nitrogen and oxygen atoms in total. The summed E-state index contributed by atoms with van der Waals surface area (Å²) in [6.07, 6.45) is -4.59. The lowest BCUT2D eigenvalue weighted by atomic mass is 10.1. The maximum absolute atomic E-state index is 13.4. The van der Waals surface area contributed by atoms with Gasteiger partial charge in [0.1, 0.15) is 17.4 Å². The zero-order valence-electron chi connectivity index (χ0n) is 15.5. The van der Waals surface area contributed by atoms with Crippen molar-refractivity contribution in [2.45, 2.75) is 19.1 Å². The molecule has 2 aromatic rings. The van der Waals surface area contributed by atoms with Gasteiger partial charge in [0.25, 0.3) is 0 Å². The highest BCUT2D eigenvalue weighted by molar-refractivity contribution is 6.00. The van der Waals surface area contributed by atoms with E-state index in [1.807, 2.05) is 0 Å². The Balaban J connectivity index is 1.57. The van der Waals surface area contributed by atoms with Crippen molar-refractivity contribution in [3.05, 3.63) is 59.7 Å². The number of anilines is 1. The van der Waals surface area contributed by atoms with Crippen molar-refractivity contribution in [3.63, 3.8) is 0 Å². The monoisotopic (exact) mass is 428 g/mol. The lowest BCUT2D eigenvalue weighted by molar-refractivity contribution is -0.153. The zero-order chi connectivity index (χ0) is 21.9. The van der Waals surface area contributed by atoms with Crippen LogP contribution < -0.4 is 15.0 Å². The summed E-state index contributed by atoms with van der Waals surface area (Å²) in [7, 11) is 0. The van der Waals surface area contributed by atoms with Crippen LogP contribution in [0.25, 0.3) is 0 Å². The third-order valence-electron chi connectivity index (χ3n) is 4.42. The third kappa shape index (κ3) is 5.68. The second kappa shape index (κ2) is 8.68. The van der Waals surface area contributed by atoms with Crippen molar-refractivity contribution < 1.29 is 36.3 Å². The molecule has 1 aliphatic heterocycles. The largest absolute Gasteiger partial charge is 0.484 e. The molecule has 10 heteroatoms. The van der Waals surface area contributed by atoms with E-state index in [1.54, 1.807) is 6.07 Å². The van der Waals surface area contributed by atoms with Crippen LogP contribution in [-0.4, -0.2) is 31.1 Å². The molecule has 0 bridgehead atoms. The number of nitrogens with one attached hydrogen (secondary N) is 1. The molecule has 30 heavy (non-hydrogen) atoms. The van der Waals surface area contributed by atoms with E-state index in [9.17, 15) is 31.5 Å². The van der Waals surface area contributed by atoms with Crippen molar-refractivity contribution >= 4 is 17.5 Å². The van der Waals surface area contributed by atoms with E-state index < -0.39 is 42.1 Å². The summed E-state index contributed by atoms with van der Waals surface area (Å²) in [4.78, 5) is 25.7. The Kier molecular flexibility index (Phi) is 6.23. The summed E-state index contributed by atoms with van der Waals surface area (Å²) in [5, 5.41) is 2.61. The highest BCUT2D eigenvalue weighted by Gasteiger charge is 2.35. The van der Waals surface area contributed by atoms with Crippen LogP contribution in [0.15, 0.2) is 42.5 Å². The second-order valence-corrected chi connectivity index (χ2v) is 6.80. The molecule has 0 radical (unpaired) electrons. The number of halogens is 5. The molecule has 2 aromatic carbocycles. The maximum Gasteiger partial charge on any atom is 0.422 e. The number of rotatable bonds is 6. The van der Waals surface area contributed by atoms with Crippen LogP contribution in [0.3, 0.4) is 0 Å². The topological polar surface area (TPSA) is 58.6 Å². The first-order valence-corrected chi connectivity index (χ1v) is 8.93. The van der Waals surface area contributed by atoms with Gasteiger partial charge < -0.3 is 15.0 Å². The second-order valence-electron chi connectivity index (χ2n) is 6.80. The van der Waals surface area contributed by atoms with Crippen LogP contribution in [0, 0.1) is 17.6 Å². The van der Waals surface area contributed by atoms with E-state index in [0.717, 1.165) is 17.0 Å². The molecular formula is C20H17F5N2O3. The zero-order valence-corrected chi connectivity index (χ0v) is 15.5. The minimum absolute atomic E-state index is 0.00873. The Hall–Kier alpha value is -3.17. The number of amides is 2. The molecule has 1 atom stereocenters. The van der Waals surface area contributed by atoms with Gasteiger partial charge in [-0.05, 0) is 29.8 Å². The molecule has 1 aliphatic rings. The van der Waals surface area contributed by atoms with Crippen molar-refractivity contribution in [2.24, 2.45) is 5.92 Å². The number of hydrogen-bond donors (Lipinski definition) is 1. The quantitative estimate of drug-likeness (QED) is 0.716. The summed E-state index contributed by atoms with van der Waals surface area (Å²) >= 11 is 0. The van der Waals surface area contributed by atoms with E-state index >= 15 is 0 Å². The molecule has 1 heterocycles. The number of ether oxygens (including phenoxy) is 1. The molecule has 1 N–H and O–H groups in total. The predicted molar refractivity (Wildman–Crippen MR) is 96.7 cm³/mol. The molecule has 0 aromatic heterocycles. The lowest BCUT2D eigenvalue weighted by Gasteiger charge is -2.17. The molecule has 3 rings (SSSR count). The average molecular weight is 428 g/mol. The Morgan fingerprint density at radius 3 is 2.50 bits per heavy atom. The minimum Gasteiger partial charge on any atom is -0.484 e. The highest BCUT2D eigenvalue weighted by atomic mass is 19.4. The van der Waals surface area contributed by atoms with Crippen LogP contribution in [-0.2, 0) is 16.1 Å². The molecular weight excluding hydrogens is 411 g/mol. The van der Waals surface area contributed by atoms with Crippen LogP contribution in [0.2, 0.25) is 0 Å². The van der Waals surface area contributed by atoms with Gasteiger partial charge in [-0.25, -0.2) is 8.78 Å². The fraction of sp³-hybridized carbons (Fsp3) is 0.300. The van der Waals surface area contributed by atoms with Gasteiger partial charge >= 0.3 is 6.18 Å². The molecule has 0 spiro atoms. The minimum atomic E-state index is -4.46. The average Bonchev–Trinajstić information content (AvgIpc) is 3.05. The molecule has 0 aliphatic carbocycles. The third-order valence-corrected chi connectivity index (χ3v) is 4.42. The van der Waals surface area contributed by atoms with Crippen molar-refractivity contribution in [2.75, 3.05) is 18.1 Å². The summed E-state index contributed by atoms with van der Waals surface area (Å²) in [5.74, 6) is -3.29. The fourth-order valence-electron chi connectivity index (χ4n) is 3.07. The van der Waals surface area contributed by atoms with Crippen molar-refractivity contribution in [3.8, 4) is 5.75 Å². The van der Waals surface area contributed by atoms with Crippen molar-refractivity contribution in [1.29, 1.82) is 0 Å². The number of carbonyl (C=O) groups excluding carboxylic acids is 2. The number of hydrogen-bond acceptors (Lipinski definition) is 3. The lowest BCUT2D eigenvalue weighted by Crippen LogP contribution is -2.32. The first-order chi connectivity index (χ1) is 14.1. The van der Waals surface area contributed by atoms with Crippen LogP contribution in [0.5, 0.6) is 5.75 Å². The van der Waals surface area contributed by atoms with Crippen LogP contribution in [0.1, 0.15) is 12.0 Å². The van der Waals surface area contributed by atoms with Crippen LogP contribution >= 0.6 is 0 Å². The summed E-state index contributed by atoms with van der Waals surface area (Å²) in [6.45, 7) is -1.45. The fourth-order valence-corrected chi connectivity index (χ4v) is 3.07. The van der Waals surface area contributed by atoms with Crippen LogP contribution in [0.4, 0.5) is 27.6 Å². The Bertz CT molecular complexity index is 928. The summed E-state index contributed by atoms with van der Waals surface area (Å²) < 4.78 is 68.2. The van der Waals surface area contributed by atoms with Crippen molar-refractivity contribution in [1.82, 2.24) is 5.32 Å². The van der Waals surface area contributed by atoms with Gasteiger partial charge in [0, 0.05) is 31.3 Å². The first kappa shape index (κ1) is 21.5. The maximum atomic E-state index is 13.4. The molecule has 2 amide bonds. The molecule has 1 saturated heterocycles. The normalized spacial score (nSPS) is 16.6. The SMILES string of the molecule is O=C(NCc1cccc(OCC(F)(F)F)c1)C1CC(=O)N(c2cc(F)cc(F)c2)C1. The number of nitrogens with zero attached hydrogens (tertiary/aromatic N) is 1. The Labute approximate surface area is 168 Å². The number of alkyl halides is 3. The van der Waals surface area contributed by atoms with Gasteiger partial charge in [0.15, 0.2) is 6.61 Å². The predicted octanol–water partition coefficient (Wildman–Crippen LogP) is 3.58. The summed E-state index contributed by atoms with van der Waals surface area (Å²) in [5.41, 5.74) is 0.540. The molecule has 1 fully saturated rings. The van der Waals surface area contributed by atoms with Gasteiger partial charge in [0.05, 0.1) is 5.92 Å². The molecule has 0 saturated carbocycles. The molecule has 160 valence electrons. The number of carbonyl (C=O) groups is 2. The van der Waals surface area contributed by atoms with Gasteiger partial charge in [-0.1, -0.05) is 12.1 Å². The van der Waals surface area contributed by atoms with Gasteiger partial charge in [-0.2, -0.15) is 13.2 Å². The van der Waals surface area contributed by atoms with E-state index in [2.05, 4.69) is 10.1 Å². The molecule has 1 unspecified atom stereocenters.